The highest BCUT2D eigenvalue weighted by Gasteiger charge is 2.26. The molecule has 23 heavy (non-hydrogen) atoms. The van der Waals surface area contributed by atoms with Crippen LogP contribution in [0.2, 0.25) is 5.02 Å². The van der Waals surface area contributed by atoms with E-state index in [-0.39, 0.29) is 11.9 Å². The highest BCUT2D eigenvalue weighted by atomic mass is 35.5. The van der Waals surface area contributed by atoms with Gasteiger partial charge in [-0.2, -0.15) is 0 Å². The fourth-order valence-electron chi connectivity index (χ4n) is 2.64. The van der Waals surface area contributed by atoms with Gasteiger partial charge < -0.3 is 9.15 Å². The average Bonchev–Trinajstić information content (AvgIpc) is 3.04. The van der Waals surface area contributed by atoms with E-state index in [1.807, 2.05) is 18.2 Å². The Morgan fingerprint density at radius 2 is 2.00 bits per heavy atom. The average molecular weight is 331 g/mol. The molecule has 1 aliphatic rings. The number of hydrogen-bond acceptors (Lipinski definition) is 4. The molecular formula is C17H12ClFN2O2. The molecule has 0 aliphatic carbocycles. The van der Waals surface area contributed by atoms with Crippen molar-refractivity contribution < 1.29 is 13.5 Å². The van der Waals surface area contributed by atoms with Crippen molar-refractivity contribution in [2.75, 3.05) is 0 Å². The van der Waals surface area contributed by atoms with Crippen LogP contribution in [0, 0.1) is 5.82 Å². The first kappa shape index (κ1) is 14.2. The van der Waals surface area contributed by atoms with E-state index in [4.69, 9.17) is 20.8 Å². The molecule has 0 amide bonds. The lowest BCUT2D eigenvalue weighted by Crippen LogP contribution is -2.15. The van der Waals surface area contributed by atoms with Gasteiger partial charge in [0.25, 0.3) is 5.89 Å². The van der Waals surface area contributed by atoms with Crippen molar-refractivity contribution in [3.05, 3.63) is 64.8 Å². The first-order valence-electron chi connectivity index (χ1n) is 7.24. The number of halogens is 2. The summed E-state index contributed by atoms with van der Waals surface area (Å²) in [4.78, 5) is 0. The van der Waals surface area contributed by atoms with Crippen molar-refractivity contribution >= 4 is 11.6 Å². The van der Waals surface area contributed by atoms with E-state index in [9.17, 15) is 4.39 Å². The van der Waals surface area contributed by atoms with Crippen molar-refractivity contribution in [2.24, 2.45) is 0 Å². The van der Waals surface area contributed by atoms with Crippen LogP contribution in [0.15, 0.2) is 46.9 Å². The molecule has 6 heteroatoms. The van der Waals surface area contributed by atoms with Crippen LogP contribution < -0.4 is 4.74 Å². The van der Waals surface area contributed by atoms with Crippen LogP contribution in [0.5, 0.6) is 5.75 Å². The lowest BCUT2D eigenvalue weighted by Gasteiger charge is -2.23. The van der Waals surface area contributed by atoms with Gasteiger partial charge in [-0.05, 0) is 48.7 Å². The first-order valence-corrected chi connectivity index (χ1v) is 7.62. The minimum absolute atomic E-state index is 0.260. The Balaban J connectivity index is 1.61. The van der Waals surface area contributed by atoms with Gasteiger partial charge in [0, 0.05) is 0 Å². The minimum Gasteiger partial charge on any atom is -0.480 e. The smallest absolute Gasteiger partial charge is 0.257 e. The summed E-state index contributed by atoms with van der Waals surface area (Å²) in [5.74, 6) is 1.15. The Hall–Kier alpha value is -2.40. The molecule has 1 aromatic heterocycles. The van der Waals surface area contributed by atoms with Crippen LogP contribution in [0.4, 0.5) is 4.39 Å². The summed E-state index contributed by atoms with van der Waals surface area (Å²) in [6, 6.07) is 11.8. The highest BCUT2D eigenvalue weighted by molar-refractivity contribution is 6.33. The van der Waals surface area contributed by atoms with Gasteiger partial charge in [0.05, 0.1) is 10.6 Å². The fraction of sp³-hybridized carbons (Fsp3) is 0.176. The molecule has 0 saturated heterocycles. The number of nitrogens with zero attached hydrogens (tertiary/aromatic N) is 2. The van der Waals surface area contributed by atoms with Gasteiger partial charge in [-0.25, -0.2) is 4.39 Å². The van der Waals surface area contributed by atoms with E-state index >= 15 is 0 Å². The number of aryl methyl sites for hydroxylation is 1. The van der Waals surface area contributed by atoms with Crippen molar-refractivity contribution in [3.8, 4) is 17.2 Å². The molecule has 0 N–H and O–H groups in total. The highest BCUT2D eigenvalue weighted by Crippen LogP contribution is 2.36. The molecule has 2 heterocycles. The van der Waals surface area contributed by atoms with Crippen LogP contribution in [-0.4, -0.2) is 10.2 Å². The molecule has 4 nitrogen and oxygen atoms in total. The Morgan fingerprint density at radius 1 is 1.13 bits per heavy atom. The van der Waals surface area contributed by atoms with Crippen LogP contribution >= 0.6 is 11.6 Å². The van der Waals surface area contributed by atoms with E-state index < -0.39 is 0 Å². The second kappa shape index (κ2) is 5.66. The number of ether oxygens (including phenoxy) is 1. The van der Waals surface area contributed by atoms with E-state index in [1.165, 1.54) is 12.1 Å². The summed E-state index contributed by atoms with van der Waals surface area (Å²) in [6.45, 7) is 0. The van der Waals surface area contributed by atoms with E-state index in [2.05, 4.69) is 10.2 Å². The summed E-state index contributed by atoms with van der Waals surface area (Å²) in [7, 11) is 0. The number of aromatic nitrogens is 2. The first-order chi connectivity index (χ1) is 11.2. The van der Waals surface area contributed by atoms with E-state index in [0.29, 0.717) is 41.0 Å². The van der Waals surface area contributed by atoms with Gasteiger partial charge in [0.2, 0.25) is 5.89 Å². The molecule has 2 aromatic carbocycles. The van der Waals surface area contributed by atoms with Gasteiger partial charge in [-0.3, -0.25) is 0 Å². The Bertz CT molecular complexity index is 865. The predicted molar refractivity (Wildman–Crippen MR) is 82.8 cm³/mol. The SMILES string of the molecule is Fc1ccc2c(c1)CCC(c1nnc(-c3ccccc3Cl)o1)O2. The van der Waals surface area contributed by atoms with Crippen LogP contribution in [0.1, 0.15) is 24.0 Å². The topological polar surface area (TPSA) is 48.2 Å². The fourth-order valence-corrected chi connectivity index (χ4v) is 2.86. The second-order valence-electron chi connectivity index (χ2n) is 5.32. The van der Waals surface area contributed by atoms with Crippen molar-refractivity contribution in [2.45, 2.75) is 18.9 Å². The normalized spacial score (nSPS) is 16.7. The summed E-state index contributed by atoms with van der Waals surface area (Å²) in [6.07, 6.45) is 1.01. The zero-order valence-electron chi connectivity index (χ0n) is 12.0. The summed E-state index contributed by atoms with van der Waals surface area (Å²) < 4.78 is 24.8. The summed E-state index contributed by atoms with van der Waals surface area (Å²) in [5.41, 5.74) is 1.54. The van der Waals surface area contributed by atoms with Gasteiger partial charge in [0.15, 0.2) is 6.10 Å². The summed E-state index contributed by atoms with van der Waals surface area (Å²) in [5, 5.41) is 8.67. The third-order valence-electron chi connectivity index (χ3n) is 3.79. The lowest BCUT2D eigenvalue weighted by atomic mass is 10.0. The molecule has 116 valence electrons. The van der Waals surface area contributed by atoms with Crippen molar-refractivity contribution in [1.82, 2.24) is 10.2 Å². The Morgan fingerprint density at radius 3 is 2.87 bits per heavy atom. The van der Waals surface area contributed by atoms with Crippen molar-refractivity contribution in [3.63, 3.8) is 0 Å². The molecule has 0 bridgehead atoms. The maximum absolute atomic E-state index is 13.2. The maximum atomic E-state index is 13.2. The van der Waals surface area contributed by atoms with Gasteiger partial charge in [-0.1, -0.05) is 23.7 Å². The molecule has 0 radical (unpaired) electrons. The minimum atomic E-state index is -0.336. The number of fused-ring (bicyclic) bond motifs is 1. The van der Waals surface area contributed by atoms with Crippen LogP contribution in [0.3, 0.4) is 0 Å². The third-order valence-corrected chi connectivity index (χ3v) is 4.12. The van der Waals surface area contributed by atoms with Crippen molar-refractivity contribution in [1.29, 1.82) is 0 Å². The zero-order chi connectivity index (χ0) is 15.8. The van der Waals surface area contributed by atoms with Gasteiger partial charge in [-0.15, -0.1) is 10.2 Å². The maximum Gasteiger partial charge on any atom is 0.257 e. The lowest BCUT2D eigenvalue weighted by molar-refractivity contribution is 0.144. The molecule has 4 rings (SSSR count). The number of hydrogen-bond donors (Lipinski definition) is 0. The number of benzene rings is 2. The zero-order valence-corrected chi connectivity index (χ0v) is 12.8. The second-order valence-corrected chi connectivity index (χ2v) is 5.73. The Labute approximate surface area is 136 Å². The molecule has 0 saturated carbocycles. The Kier molecular flexibility index (Phi) is 3.50. The molecule has 1 aliphatic heterocycles. The van der Waals surface area contributed by atoms with E-state index in [0.717, 1.165) is 5.56 Å². The molecule has 0 fully saturated rings. The monoisotopic (exact) mass is 330 g/mol. The van der Waals surface area contributed by atoms with Crippen LogP contribution in [0.25, 0.3) is 11.5 Å². The van der Waals surface area contributed by atoms with E-state index in [1.54, 1.807) is 12.1 Å². The third kappa shape index (κ3) is 2.68. The quantitative estimate of drug-likeness (QED) is 0.689. The van der Waals surface area contributed by atoms with Gasteiger partial charge >= 0.3 is 0 Å². The predicted octanol–water partition coefficient (Wildman–Crippen LogP) is 4.60. The van der Waals surface area contributed by atoms with Gasteiger partial charge in [0.1, 0.15) is 11.6 Å². The number of rotatable bonds is 2. The molecule has 1 unspecified atom stereocenters. The standard InChI is InChI=1S/C17H12ClFN2O2/c18-13-4-2-1-3-12(13)16-20-21-17(23-16)15-7-5-10-9-11(19)6-8-14(10)22-15/h1-4,6,8-9,15H,5,7H2. The summed E-state index contributed by atoms with van der Waals surface area (Å²) >= 11 is 6.14. The van der Waals surface area contributed by atoms with Crippen LogP contribution in [-0.2, 0) is 6.42 Å². The molecule has 3 aromatic rings. The largest absolute Gasteiger partial charge is 0.480 e. The molecular weight excluding hydrogens is 319 g/mol. The molecule has 0 spiro atoms. The molecule has 1 atom stereocenters.